The molecule has 1 amide bonds. The zero-order valence-electron chi connectivity index (χ0n) is 25.0. The van der Waals surface area contributed by atoms with Crippen LogP contribution in [0.3, 0.4) is 0 Å². The molecule has 2 heterocycles. The Bertz CT molecular complexity index is 1820. The number of rotatable bonds is 11. The van der Waals surface area contributed by atoms with Gasteiger partial charge < -0.3 is 9.47 Å². The van der Waals surface area contributed by atoms with Crippen LogP contribution >= 0.6 is 0 Å². The zero-order valence-corrected chi connectivity index (χ0v) is 25.8. The van der Waals surface area contributed by atoms with Crippen LogP contribution in [0.5, 0.6) is 0 Å². The Labute approximate surface area is 253 Å². The van der Waals surface area contributed by atoms with Crippen molar-refractivity contribution in [1.82, 2.24) is 19.3 Å². The van der Waals surface area contributed by atoms with Crippen molar-refractivity contribution in [3.05, 3.63) is 119 Å². The van der Waals surface area contributed by atoms with E-state index in [1.54, 1.807) is 18.2 Å². The zero-order chi connectivity index (χ0) is 30.6. The van der Waals surface area contributed by atoms with E-state index in [0.29, 0.717) is 18.7 Å². The number of nitrogens with zero attached hydrogens (tertiary/aromatic N) is 4. The van der Waals surface area contributed by atoms with Crippen molar-refractivity contribution in [2.45, 2.75) is 58.0 Å². The predicted molar refractivity (Wildman–Crippen MR) is 171 cm³/mol. The summed E-state index contributed by atoms with van der Waals surface area (Å²) in [4.78, 5) is 25.5. The molecule has 0 saturated carbocycles. The molecule has 1 N–H and O–H groups in total. The van der Waals surface area contributed by atoms with Crippen molar-refractivity contribution < 1.29 is 13.2 Å². The smallest absolute Gasteiger partial charge is 0.264 e. The summed E-state index contributed by atoms with van der Waals surface area (Å²) < 4.78 is 30.7. The van der Waals surface area contributed by atoms with Gasteiger partial charge in [-0.3, -0.25) is 4.79 Å². The van der Waals surface area contributed by atoms with Gasteiger partial charge in [-0.1, -0.05) is 74.5 Å². The molecule has 0 aliphatic heterocycles. The molecule has 0 radical (unpaired) electrons. The van der Waals surface area contributed by atoms with Crippen LogP contribution in [0.2, 0.25) is 0 Å². The summed E-state index contributed by atoms with van der Waals surface area (Å²) in [5.74, 6) is 0.371. The number of carbonyl (C=O) groups is 1. The lowest BCUT2D eigenvalue weighted by Gasteiger charge is -2.33. The molecule has 1 atom stereocenters. The lowest BCUT2D eigenvalue weighted by molar-refractivity contribution is -0.120. The highest BCUT2D eigenvalue weighted by molar-refractivity contribution is 7.90. The third-order valence-electron chi connectivity index (χ3n) is 7.45. The Hall–Kier alpha value is -4.50. The van der Waals surface area contributed by atoms with E-state index in [1.165, 1.54) is 12.1 Å². The van der Waals surface area contributed by atoms with E-state index in [0.717, 1.165) is 52.3 Å². The topological polar surface area (TPSA) is 97.2 Å². The second-order valence-electron chi connectivity index (χ2n) is 10.7. The first-order valence-electron chi connectivity index (χ1n) is 14.6. The summed E-state index contributed by atoms with van der Waals surface area (Å²) in [6.07, 6.45) is 1.55. The van der Waals surface area contributed by atoms with Gasteiger partial charge in [-0.25, -0.2) is 23.1 Å². The third-order valence-corrected chi connectivity index (χ3v) is 8.82. The minimum atomic E-state index is -4.05. The largest absolute Gasteiger partial charge is 0.356 e. The van der Waals surface area contributed by atoms with Crippen LogP contribution in [0.4, 0.5) is 5.69 Å². The van der Waals surface area contributed by atoms with Crippen molar-refractivity contribution in [1.29, 1.82) is 0 Å². The minimum Gasteiger partial charge on any atom is -0.356 e. The van der Waals surface area contributed by atoms with Crippen LogP contribution in [-0.2, 0) is 27.8 Å². The lowest BCUT2D eigenvalue weighted by atomic mass is 10.0. The second-order valence-corrected chi connectivity index (χ2v) is 12.4. The molecule has 5 rings (SSSR count). The van der Waals surface area contributed by atoms with Crippen LogP contribution in [0, 0.1) is 13.8 Å². The maximum Gasteiger partial charge on any atom is 0.264 e. The summed E-state index contributed by atoms with van der Waals surface area (Å²) in [5.41, 5.74) is 6.47. The van der Waals surface area contributed by atoms with E-state index in [1.807, 2.05) is 73.3 Å². The first-order valence-corrected chi connectivity index (χ1v) is 16.1. The Morgan fingerprint density at radius 2 is 1.56 bits per heavy atom. The molecule has 2 aromatic heterocycles. The maximum atomic E-state index is 13.8. The standard InChI is InChI=1S/C34H37N5O3S/c1-5-21-38(32(27-13-9-7-10-14-27)34(40)37-43(41,42)29-15-11-8-12-16-29)28-19-17-26(18-20-28)23-39-30(6-2)36-31-24(3)22-25(4)35-33(31)39/h7-20,22,32H,5-6,21,23H2,1-4H3,(H,37,40). The SMILES string of the molecule is CCCN(c1ccc(Cn2c(CC)nc3c(C)cc(C)nc32)cc1)C(C(=O)NS(=O)(=O)c1ccccc1)c1ccccc1. The number of benzene rings is 3. The van der Waals surface area contributed by atoms with Crippen LogP contribution in [0.25, 0.3) is 11.2 Å². The fourth-order valence-electron chi connectivity index (χ4n) is 5.46. The molecule has 0 bridgehead atoms. The Morgan fingerprint density at radius 1 is 0.907 bits per heavy atom. The van der Waals surface area contributed by atoms with Crippen molar-refractivity contribution >= 4 is 32.8 Å². The molecule has 0 aliphatic carbocycles. The van der Waals surface area contributed by atoms with Gasteiger partial charge in [0.25, 0.3) is 15.9 Å². The fourth-order valence-corrected chi connectivity index (χ4v) is 6.47. The van der Waals surface area contributed by atoms with E-state index >= 15 is 0 Å². The number of amides is 1. The first-order chi connectivity index (χ1) is 20.7. The van der Waals surface area contributed by atoms with E-state index in [9.17, 15) is 13.2 Å². The van der Waals surface area contributed by atoms with Crippen molar-refractivity contribution in [2.24, 2.45) is 0 Å². The summed E-state index contributed by atoms with van der Waals surface area (Å²) in [5, 5.41) is 0. The highest BCUT2D eigenvalue weighted by atomic mass is 32.2. The van der Waals surface area contributed by atoms with Gasteiger partial charge in [0.05, 0.1) is 11.4 Å². The minimum absolute atomic E-state index is 0.0416. The van der Waals surface area contributed by atoms with Crippen molar-refractivity contribution in [2.75, 3.05) is 11.4 Å². The number of hydrogen-bond donors (Lipinski definition) is 1. The monoisotopic (exact) mass is 595 g/mol. The predicted octanol–water partition coefficient (Wildman–Crippen LogP) is 6.12. The number of fused-ring (bicyclic) bond motifs is 1. The number of sulfonamides is 1. The molecular weight excluding hydrogens is 558 g/mol. The van der Waals surface area contributed by atoms with Crippen LogP contribution in [-0.4, -0.2) is 35.4 Å². The molecule has 5 aromatic rings. The van der Waals surface area contributed by atoms with Gasteiger partial charge in [-0.05, 0) is 67.3 Å². The number of anilines is 1. The molecular formula is C34H37N5O3S. The highest BCUT2D eigenvalue weighted by Crippen LogP contribution is 2.30. The van der Waals surface area contributed by atoms with Gasteiger partial charge in [0, 0.05) is 24.3 Å². The normalized spacial score (nSPS) is 12.3. The maximum absolute atomic E-state index is 13.8. The number of aromatic nitrogens is 3. The van der Waals surface area contributed by atoms with E-state index in [2.05, 4.69) is 29.2 Å². The van der Waals surface area contributed by atoms with Gasteiger partial charge in [0.1, 0.15) is 17.4 Å². The molecule has 0 saturated heterocycles. The molecule has 0 aliphatic rings. The average molecular weight is 596 g/mol. The Kier molecular flexibility index (Phi) is 8.92. The number of hydrogen-bond acceptors (Lipinski definition) is 6. The second kappa shape index (κ2) is 12.8. The van der Waals surface area contributed by atoms with Gasteiger partial charge in [-0.15, -0.1) is 0 Å². The van der Waals surface area contributed by atoms with Crippen molar-refractivity contribution in [3.8, 4) is 0 Å². The summed E-state index contributed by atoms with van der Waals surface area (Å²) in [6.45, 7) is 9.36. The number of imidazole rings is 1. The van der Waals surface area contributed by atoms with Crippen molar-refractivity contribution in [3.63, 3.8) is 0 Å². The quantitative estimate of drug-likeness (QED) is 0.198. The third kappa shape index (κ3) is 6.46. The first kappa shape index (κ1) is 30.0. The van der Waals surface area contributed by atoms with E-state index in [-0.39, 0.29) is 4.90 Å². The van der Waals surface area contributed by atoms with Gasteiger partial charge in [0.15, 0.2) is 5.65 Å². The summed E-state index contributed by atoms with van der Waals surface area (Å²) in [7, 11) is -4.05. The lowest BCUT2D eigenvalue weighted by Crippen LogP contribution is -2.43. The molecule has 3 aromatic carbocycles. The number of carbonyl (C=O) groups excluding carboxylic acids is 1. The van der Waals surface area contributed by atoms with Gasteiger partial charge in [0.2, 0.25) is 0 Å². The number of aryl methyl sites for hydroxylation is 3. The Morgan fingerprint density at radius 3 is 2.19 bits per heavy atom. The molecule has 0 fully saturated rings. The van der Waals surface area contributed by atoms with Crippen LogP contribution < -0.4 is 9.62 Å². The van der Waals surface area contributed by atoms with Gasteiger partial charge in [-0.2, -0.15) is 0 Å². The average Bonchev–Trinajstić information content (AvgIpc) is 3.35. The molecule has 222 valence electrons. The van der Waals surface area contributed by atoms with Crippen LogP contribution in [0.15, 0.2) is 95.9 Å². The summed E-state index contributed by atoms with van der Waals surface area (Å²) in [6, 6.07) is 26.5. The van der Waals surface area contributed by atoms with Gasteiger partial charge >= 0.3 is 0 Å². The highest BCUT2D eigenvalue weighted by Gasteiger charge is 2.31. The van der Waals surface area contributed by atoms with E-state index < -0.39 is 22.0 Å². The molecule has 9 heteroatoms. The molecule has 43 heavy (non-hydrogen) atoms. The Balaban J connectivity index is 1.48. The molecule has 0 spiro atoms. The fraction of sp³-hybridized carbons (Fsp3) is 0.265. The van der Waals surface area contributed by atoms with Crippen LogP contribution in [0.1, 0.15) is 54.5 Å². The van der Waals surface area contributed by atoms with E-state index in [4.69, 9.17) is 9.97 Å². The molecule has 1 unspecified atom stereocenters. The molecule has 8 nitrogen and oxygen atoms in total. The number of nitrogens with one attached hydrogen (secondary N) is 1. The number of pyridine rings is 1. The summed E-state index contributed by atoms with van der Waals surface area (Å²) >= 11 is 0.